The van der Waals surface area contributed by atoms with Crippen molar-refractivity contribution >= 4 is 23.2 Å². The molecule has 0 aliphatic carbocycles. The summed E-state index contributed by atoms with van der Waals surface area (Å²) < 4.78 is 23.8. The van der Waals surface area contributed by atoms with E-state index in [0.717, 1.165) is 5.56 Å². The van der Waals surface area contributed by atoms with Gasteiger partial charge >= 0.3 is 0 Å². The van der Waals surface area contributed by atoms with Crippen molar-refractivity contribution in [1.29, 1.82) is 0 Å². The molecule has 1 fully saturated rings. The molecule has 0 spiro atoms. The molecule has 1 amide bonds. The summed E-state index contributed by atoms with van der Waals surface area (Å²) in [5, 5.41) is 16.2. The first-order valence-corrected chi connectivity index (χ1v) is 10.1. The molecule has 7 nitrogen and oxygen atoms in total. The number of rotatable bonds is 7. The molecule has 0 aromatic heterocycles. The van der Waals surface area contributed by atoms with E-state index in [1.807, 2.05) is 0 Å². The van der Waals surface area contributed by atoms with Crippen molar-refractivity contribution in [3.63, 3.8) is 0 Å². The van der Waals surface area contributed by atoms with Gasteiger partial charge in [0.25, 0.3) is 5.91 Å². The summed E-state index contributed by atoms with van der Waals surface area (Å²) >= 11 is 6.05. The molecular formula is C21H25ClFN3O4. The number of benzene rings is 2. The molecule has 0 saturated carbocycles. The third kappa shape index (κ3) is 5.60. The Balaban J connectivity index is 1.62. The summed E-state index contributed by atoms with van der Waals surface area (Å²) in [6.07, 6.45) is -0.444. The molecule has 2 aromatic carbocycles. The number of halogens is 2. The molecule has 162 valence electrons. The molecule has 2 unspecified atom stereocenters. The predicted molar refractivity (Wildman–Crippen MR) is 113 cm³/mol. The summed E-state index contributed by atoms with van der Waals surface area (Å²) in [7, 11) is 0. The Morgan fingerprint density at radius 3 is 2.83 bits per heavy atom. The zero-order chi connectivity index (χ0) is 21.7. The van der Waals surface area contributed by atoms with Gasteiger partial charge < -0.3 is 30.4 Å². The number of ether oxygens (including phenoxy) is 2. The summed E-state index contributed by atoms with van der Waals surface area (Å²) in [5.74, 6) is -0.392. The molecule has 3 rings (SSSR count). The summed E-state index contributed by atoms with van der Waals surface area (Å²) in [4.78, 5) is 12.7. The van der Waals surface area contributed by atoms with Gasteiger partial charge in [0.15, 0.2) is 0 Å². The number of carbonyl (C=O) groups excluding carboxylic acids is 1. The van der Waals surface area contributed by atoms with Crippen molar-refractivity contribution < 1.29 is 23.3 Å². The SMILES string of the molecule is CCOc1cc(N)c(Cl)cc1C(=O)NCC1C[N+]([O-])(Cc2ccc(F)cc2)CCO1. The third-order valence-corrected chi connectivity index (χ3v) is 5.23. The number of hydrogen-bond acceptors (Lipinski definition) is 5. The second-order valence-corrected chi connectivity index (χ2v) is 7.66. The van der Waals surface area contributed by atoms with Gasteiger partial charge in [-0.05, 0) is 25.1 Å². The Labute approximate surface area is 179 Å². The van der Waals surface area contributed by atoms with Crippen molar-refractivity contribution in [2.75, 3.05) is 38.6 Å². The van der Waals surface area contributed by atoms with E-state index in [9.17, 15) is 14.4 Å². The fourth-order valence-corrected chi connectivity index (χ4v) is 3.58. The zero-order valence-electron chi connectivity index (χ0n) is 16.7. The van der Waals surface area contributed by atoms with Crippen molar-refractivity contribution in [1.82, 2.24) is 5.32 Å². The number of nitrogens with zero attached hydrogens (tertiary/aromatic N) is 1. The van der Waals surface area contributed by atoms with E-state index in [0.29, 0.717) is 24.6 Å². The van der Waals surface area contributed by atoms with Gasteiger partial charge in [-0.25, -0.2) is 4.39 Å². The van der Waals surface area contributed by atoms with Gasteiger partial charge in [-0.1, -0.05) is 23.7 Å². The third-order valence-electron chi connectivity index (χ3n) is 4.91. The van der Waals surface area contributed by atoms with E-state index in [4.69, 9.17) is 26.8 Å². The van der Waals surface area contributed by atoms with E-state index in [-0.39, 0.29) is 42.6 Å². The number of nitrogens with one attached hydrogen (secondary N) is 1. The molecule has 3 N–H and O–H groups in total. The van der Waals surface area contributed by atoms with Crippen LogP contribution < -0.4 is 15.8 Å². The summed E-state index contributed by atoms with van der Waals surface area (Å²) in [5.41, 5.74) is 7.13. The lowest BCUT2D eigenvalue weighted by molar-refractivity contribution is -0.905. The van der Waals surface area contributed by atoms with Gasteiger partial charge in [0, 0.05) is 18.2 Å². The minimum Gasteiger partial charge on any atom is -0.632 e. The highest BCUT2D eigenvalue weighted by Crippen LogP contribution is 2.29. The minimum absolute atomic E-state index is 0.165. The molecule has 2 aromatic rings. The lowest BCUT2D eigenvalue weighted by Crippen LogP contribution is -2.56. The summed E-state index contributed by atoms with van der Waals surface area (Å²) in [6.45, 7) is 3.31. The number of nitrogen functional groups attached to an aromatic ring is 1. The molecule has 0 radical (unpaired) electrons. The molecule has 30 heavy (non-hydrogen) atoms. The van der Waals surface area contributed by atoms with Crippen LogP contribution in [0.15, 0.2) is 36.4 Å². The topological polar surface area (TPSA) is 96.6 Å². The van der Waals surface area contributed by atoms with Gasteiger partial charge in [0.2, 0.25) is 0 Å². The van der Waals surface area contributed by atoms with Crippen LogP contribution in [0.25, 0.3) is 0 Å². The minimum atomic E-state index is -0.496. The standard InChI is InChI=1S/C21H25ClFN3O4/c1-2-29-20-10-19(24)18(22)9-17(20)21(27)25-11-16-13-26(28,7-8-30-16)12-14-3-5-15(23)6-4-14/h3-6,9-10,16H,2,7-8,11-13,24H2,1H3,(H,25,27). The number of hydrogen-bond donors (Lipinski definition) is 2. The largest absolute Gasteiger partial charge is 0.632 e. The molecule has 1 saturated heterocycles. The number of amides is 1. The average Bonchev–Trinajstić information content (AvgIpc) is 2.70. The van der Waals surface area contributed by atoms with Crippen molar-refractivity contribution in [3.05, 3.63) is 63.6 Å². The Kier molecular flexibility index (Phi) is 7.14. The highest BCUT2D eigenvalue weighted by Gasteiger charge is 2.30. The maximum Gasteiger partial charge on any atom is 0.255 e. The molecule has 1 heterocycles. The van der Waals surface area contributed by atoms with Crippen LogP contribution in [-0.4, -0.2) is 49.5 Å². The van der Waals surface area contributed by atoms with Crippen LogP contribution in [0.1, 0.15) is 22.8 Å². The second-order valence-electron chi connectivity index (χ2n) is 7.25. The van der Waals surface area contributed by atoms with Crippen LogP contribution in [0.5, 0.6) is 5.75 Å². The average molecular weight is 438 g/mol. The fraction of sp³-hybridized carbons (Fsp3) is 0.381. The predicted octanol–water partition coefficient (Wildman–Crippen LogP) is 3.10. The normalized spacial score (nSPS) is 21.3. The smallest absolute Gasteiger partial charge is 0.255 e. The van der Waals surface area contributed by atoms with Crippen LogP contribution in [0, 0.1) is 11.0 Å². The van der Waals surface area contributed by atoms with Crippen LogP contribution >= 0.6 is 11.6 Å². The number of quaternary nitrogens is 1. The Hall–Kier alpha value is -2.39. The van der Waals surface area contributed by atoms with Crippen molar-refractivity contribution in [2.45, 2.75) is 19.6 Å². The first-order valence-electron chi connectivity index (χ1n) is 9.73. The second kappa shape index (κ2) is 9.61. The van der Waals surface area contributed by atoms with Crippen LogP contribution in [0.3, 0.4) is 0 Å². The fourth-order valence-electron chi connectivity index (χ4n) is 3.41. The summed E-state index contributed by atoms with van der Waals surface area (Å²) in [6, 6.07) is 8.88. The molecule has 0 bridgehead atoms. The maximum atomic E-state index is 13.1. The van der Waals surface area contributed by atoms with Crippen LogP contribution in [0.2, 0.25) is 5.02 Å². The zero-order valence-corrected chi connectivity index (χ0v) is 17.5. The molecular weight excluding hydrogens is 413 g/mol. The molecule has 1 aliphatic rings. The Bertz CT molecular complexity index is 897. The highest BCUT2D eigenvalue weighted by atomic mass is 35.5. The lowest BCUT2D eigenvalue weighted by Gasteiger charge is -2.47. The van der Waals surface area contributed by atoms with Gasteiger partial charge in [-0.2, -0.15) is 0 Å². The molecule has 2 atom stereocenters. The Morgan fingerprint density at radius 1 is 1.40 bits per heavy atom. The van der Waals surface area contributed by atoms with Crippen molar-refractivity contribution in [2.24, 2.45) is 0 Å². The number of morpholine rings is 1. The number of hydroxylamine groups is 3. The number of carbonyl (C=O) groups is 1. The van der Waals surface area contributed by atoms with Crippen LogP contribution in [-0.2, 0) is 11.3 Å². The van der Waals surface area contributed by atoms with E-state index in [1.165, 1.54) is 24.3 Å². The van der Waals surface area contributed by atoms with Gasteiger partial charge in [0.05, 0.1) is 29.5 Å². The van der Waals surface area contributed by atoms with Gasteiger partial charge in [-0.3, -0.25) is 4.79 Å². The van der Waals surface area contributed by atoms with E-state index >= 15 is 0 Å². The first kappa shape index (κ1) is 22.3. The number of anilines is 1. The molecule has 1 aliphatic heterocycles. The molecule has 9 heteroatoms. The Morgan fingerprint density at radius 2 is 2.13 bits per heavy atom. The maximum absolute atomic E-state index is 13.1. The quantitative estimate of drug-likeness (QED) is 0.394. The lowest BCUT2D eigenvalue weighted by atomic mass is 10.1. The van der Waals surface area contributed by atoms with Crippen LogP contribution in [0.4, 0.5) is 10.1 Å². The van der Waals surface area contributed by atoms with Crippen molar-refractivity contribution in [3.8, 4) is 5.75 Å². The first-order chi connectivity index (χ1) is 14.3. The monoisotopic (exact) mass is 437 g/mol. The van der Waals surface area contributed by atoms with Gasteiger partial charge in [-0.15, -0.1) is 0 Å². The van der Waals surface area contributed by atoms with E-state index < -0.39 is 16.7 Å². The number of nitrogens with two attached hydrogens (primary N) is 1. The highest BCUT2D eigenvalue weighted by molar-refractivity contribution is 6.33. The van der Waals surface area contributed by atoms with E-state index in [2.05, 4.69) is 5.32 Å². The van der Waals surface area contributed by atoms with E-state index in [1.54, 1.807) is 19.1 Å². The van der Waals surface area contributed by atoms with Gasteiger partial charge in [0.1, 0.15) is 37.3 Å².